The molecule has 3 aromatic rings. The maximum Gasteiger partial charge on any atom is 0.279 e. The van der Waals surface area contributed by atoms with Gasteiger partial charge in [0.1, 0.15) is 11.5 Å². The number of carbonyl (C=O) groups is 1. The molecule has 1 N–H and O–H groups in total. The van der Waals surface area contributed by atoms with Gasteiger partial charge in [-0.3, -0.25) is 9.78 Å². The van der Waals surface area contributed by atoms with E-state index in [0.717, 1.165) is 22.8 Å². The van der Waals surface area contributed by atoms with E-state index < -0.39 is 0 Å². The number of pyridine rings is 1. The Morgan fingerprint density at radius 2 is 2.12 bits per heavy atom. The molecule has 32 heavy (non-hydrogen) atoms. The predicted octanol–water partition coefficient (Wildman–Crippen LogP) is 5.53. The van der Waals surface area contributed by atoms with Crippen molar-refractivity contribution >= 4 is 34.9 Å². The number of thiazole rings is 1. The van der Waals surface area contributed by atoms with Crippen molar-refractivity contribution in [3.05, 3.63) is 70.5 Å². The molecule has 2 aromatic heterocycles. The smallest absolute Gasteiger partial charge is 0.279 e. The first-order chi connectivity index (χ1) is 15.5. The normalized spacial score (nSPS) is 14.3. The average Bonchev–Trinajstić information content (AvgIpc) is 3.50. The Morgan fingerprint density at radius 1 is 1.31 bits per heavy atom. The van der Waals surface area contributed by atoms with E-state index in [1.807, 2.05) is 37.3 Å². The highest BCUT2D eigenvalue weighted by Crippen LogP contribution is 2.35. The lowest BCUT2D eigenvalue weighted by Gasteiger charge is -2.09. The predicted molar refractivity (Wildman–Crippen MR) is 126 cm³/mol. The van der Waals surface area contributed by atoms with E-state index in [1.54, 1.807) is 30.7 Å². The lowest BCUT2D eigenvalue weighted by Crippen LogP contribution is -2.32. The van der Waals surface area contributed by atoms with Crippen LogP contribution in [0.5, 0.6) is 16.7 Å². The fourth-order valence-corrected chi connectivity index (χ4v) is 3.82. The molecule has 1 aliphatic rings. The first-order valence-corrected chi connectivity index (χ1v) is 11.7. The molecule has 1 aromatic carbocycles. The Kier molecular flexibility index (Phi) is 7.39. The number of hydrogen-bond donors (Lipinski definition) is 1. The quantitative estimate of drug-likeness (QED) is 0.422. The highest BCUT2D eigenvalue weighted by atomic mass is 35.5. The number of benzene rings is 1. The van der Waals surface area contributed by atoms with Crippen molar-refractivity contribution in [2.24, 2.45) is 5.92 Å². The number of hydrogen-bond acceptors (Lipinski definition) is 6. The largest absolute Gasteiger partial charge is 0.493 e. The molecule has 0 radical (unpaired) electrons. The molecule has 1 amide bonds. The van der Waals surface area contributed by atoms with E-state index >= 15 is 0 Å². The first-order valence-electron chi connectivity index (χ1n) is 10.5. The zero-order valence-corrected chi connectivity index (χ0v) is 19.2. The van der Waals surface area contributed by atoms with E-state index in [9.17, 15) is 4.79 Å². The maximum absolute atomic E-state index is 12.2. The maximum atomic E-state index is 12.2. The molecular formula is C24H24ClN3O3S. The lowest BCUT2D eigenvalue weighted by molar-refractivity contribution is -0.120. The van der Waals surface area contributed by atoms with Gasteiger partial charge in [0.2, 0.25) is 5.91 Å². The zero-order chi connectivity index (χ0) is 22.3. The SMILES string of the molecule is C[C@@H](C=Cc1cnc(Oc2ccc(OCC3CC3)cc2Cl)s1)NC(=O)Cc1ccncc1. The number of carbonyl (C=O) groups excluding carboxylic acids is 1. The van der Waals surface area contributed by atoms with E-state index in [0.29, 0.717) is 28.3 Å². The van der Waals surface area contributed by atoms with Crippen LogP contribution in [0, 0.1) is 5.92 Å². The summed E-state index contributed by atoms with van der Waals surface area (Å²) in [6.07, 6.45) is 11.7. The van der Waals surface area contributed by atoms with Crippen LogP contribution < -0.4 is 14.8 Å². The molecule has 0 aliphatic heterocycles. The van der Waals surface area contributed by atoms with Crippen molar-refractivity contribution < 1.29 is 14.3 Å². The Balaban J connectivity index is 1.27. The van der Waals surface area contributed by atoms with E-state index in [4.69, 9.17) is 21.1 Å². The van der Waals surface area contributed by atoms with Crippen molar-refractivity contribution in [3.8, 4) is 16.7 Å². The third-order valence-corrected chi connectivity index (χ3v) is 5.97. The van der Waals surface area contributed by atoms with Crippen molar-refractivity contribution in [1.82, 2.24) is 15.3 Å². The second-order valence-electron chi connectivity index (χ2n) is 7.72. The van der Waals surface area contributed by atoms with Gasteiger partial charge in [0.15, 0.2) is 0 Å². The molecule has 0 spiro atoms. The van der Waals surface area contributed by atoms with Crippen molar-refractivity contribution in [1.29, 1.82) is 0 Å². The summed E-state index contributed by atoms with van der Waals surface area (Å²) in [6.45, 7) is 2.66. The minimum absolute atomic E-state index is 0.0409. The second kappa shape index (κ2) is 10.6. The molecule has 2 heterocycles. The Labute approximate surface area is 196 Å². The molecule has 1 saturated carbocycles. The average molecular weight is 470 g/mol. The van der Waals surface area contributed by atoms with Gasteiger partial charge < -0.3 is 14.8 Å². The summed E-state index contributed by atoms with van der Waals surface area (Å²) in [5.41, 5.74) is 0.930. The molecular weight excluding hydrogens is 446 g/mol. The Bertz CT molecular complexity index is 1080. The molecule has 1 aliphatic carbocycles. The third kappa shape index (κ3) is 6.80. The summed E-state index contributed by atoms with van der Waals surface area (Å²) in [5.74, 6) is 1.92. The summed E-state index contributed by atoms with van der Waals surface area (Å²) in [4.78, 5) is 21.3. The minimum atomic E-state index is -0.117. The second-order valence-corrected chi connectivity index (χ2v) is 9.16. The standard InChI is InChI=1S/C24H24ClN3O3S/c1-16(28-23(29)12-17-8-10-26-11-9-17)2-6-20-14-27-24(32-20)31-22-7-5-19(13-21(22)25)30-15-18-3-4-18/h2,5-11,13-14,16,18H,3-4,12,15H2,1H3,(H,28,29)/t16-/m0/s1. The van der Waals surface area contributed by atoms with Gasteiger partial charge in [0, 0.05) is 30.7 Å². The summed E-state index contributed by atoms with van der Waals surface area (Å²) in [6, 6.07) is 8.97. The van der Waals surface area contributed by atoms with Crippen LogP contribution in [0.3, 0.4) is 0 Å². The van der Waals surface area contributed by atoms with Gasteiger partial charge in [0.05, 0.1) is 22.9 Å². The van der Waals surface area contributed by atoms with Gasteiger partial charge >= 0.3 is 0 Å². The van der Waals surface area contributed by atoms with E-state index in [-0.39, 0.29) is 11.9 Å². The monoisotopic (exact) mass is 469 g/mol. The number of rotatable bonds is 10. The zero-order valence-electron chi connectivity index (χ0n) is 17.7. The van der Waals surface area contributed by atoms with Gasteiger partial charge in [-0.25, -0.2) is 4.98 Å². The number of nitrogens with one attached hydrogen (secondary N) is 1. The van der Waals surface area contributed by atoms with Crippen molar-refractivity contribution in [2.45, 2.75) is 32.2 Å². The number of halogens is 1. The Hall–Kier alpha value is -2.90. The van der Waals surface area contributed by atoms with Crippen LogP contribution in [0.1, 0.15) is 30.2 Å². The van der Waals surface area contributed by atoms with Crippen LogP contribution in [-0.4, -0.2) is 28.5 Å². The first kappa shape index (κ1) is 22.3. The topological polar surface area (TPSA) is 73.3 Å². The van der Waals surface area contributed by atoms with E-state index in [1.165, 1.54) is 24.2 Å². The van der Waals surface area contributed by atoms with Crippen LogP contribution in [-0.2, 0) is 11.2 Å². The lowest BCUT2D eigenvalue weighted by atomic mass is 10.2. The number of ether oxygens (including phenoxy) is 2. The van der Waals surface area contributed by atoms with E-state index in [2.05, 4.69) is 15.3 Å². The molecule has 4 rings (SSSR count). The Morgan fingerprint density at radius 3 is 2.88 bits per heavy atom. The van der Waals surface area contributed by atoms with Gasteiger partial charge in [-0.05, 0) is 61.6 Å². The number of aromatic nitrogens is 2. The van der Waals surface area contributed by atoms with Crippen molar-refractivity contribution in [3.63, 3.8) is 0 Å². The number of amides is 1. The summed E-state index contributed by atoms with van der Waals surface area (Å²) in [7, 11) is 0. The van der Waals surface area contributed by atoms with Crippen LogP contribution in [0.2, 0.25) is 5.02 Å². The highest BCUT2D eigenvalue weighted by Gasteiger charge is 2.22. The molecule has 166 valence electrons. The fraction of sp³-hybridized carbons (Fsp3) is 0.292. The van der Waals surface area contributed by atoms with Gasteiger partial charge in [-0.1, -0.05) is 29.0 Å². The minimum Gasteiger partial charge on any atom is -0.493 e. The van der Waals surface area contributed by atoms with Crippen LogP contribution in [0.15, 0.2) is 55.0 Å². The van der Waals surface area contributed by atoms with Crippen LogP contribution in [0.25, 0.3) is 6.08 Å². The molecule has 8 heteroatoms. The van der Waals surface area contributed by atoms with Crippen LogP contribution in [0.4, 0.5) is 0 Å². The summed E-state index contributed by atoms with van der Waals surface area (Å²) < 4.78 is 11.6. The van der Waals surface area contributed by atoms with Gasteiger partial charge in [-0.2, -0.15) is 0 Å². The third-order valence-electron chi connectivity index (χ3n) is 4.84. The molecule has 6 nitrogen and oxygen atoms in total. The molecule has 1 fully saturated rings. The van der Waals surface area contributed by atoms with Gasteiger partial charge in [-0.15, -0.1) is 0 Å². The van der Waals surface area contributed by atoms with Gasteiger partial charge in [0.25, 0.3) is 5.19 Å². The molecule has 0 saturated heterocycles. The number of nitrogens with zero attached hydrogens (tertiary/aromatic N) is 2. The molecule has 0 bridgehead atoms. The van der Waals surface area contributed by atoms with Crippen LogP contribution >= 0.6 is 22.9 Å². The summed E-state index contributed by atoms with van der Waals surface area (Å²) in [5, 5.41) is 3.93. The molecule has 0 unspecified atom stereocenters. The van der Waals surface area contributed by atoms with Crippen molar-refractivity contribution in [2.75, 3.05) is 6.61 Å². The summed E-state index contributed by atoms with van der Waals surface area (Å²) >= 11 is 7.74. The molecule has 1 atom stereocenters. The highest BCUT2D eigenvalue weighted by molar-refractivity contribution is 7.14. The fourth-order valence-electron chi connectivity index (χ4n) is 2.92.